The molecule has 0 amide bonds. The van der Waals surface area contributed by atoms with Crippen LogP contribution in [0.4, 0.5) is 5.95 Å². The molecule has 96 valence electrons. The number of nitrogens with zero attached hydrogens (tertiary/aromatic N) is 3. The van der Waals surface area contributed by atoms with E-state index in [1.54, 1.807) is 0 Å². The molecule has 1 atom stereocenters. The molecular weight excluding hydrogens is 236 g/mol. The van der Waals surface area contributed by atoms with Crippen molar-refractivity contribution in [3.05, 3.63) is 4.77 Å². The number of H-pyrrole nitrogens is 1. The van der Waals surface area contributed by atoms with E-state index in [0.717, 1.165) is 45.1 Å². The third kappa shape index (κ3) is 2.52. The number of hydrogen-bond acceptors (Lipinski definition) is 4. The van der Waals surface area contributed by atoms with E-state index in [4.69, 9.17) is 17.0 Å². The van der Waals surface area contributed by atoms with Gasteiger partial charge in [-0.05, 0) is 25.1 Å². The monoisotopic (exact) mass is 256 g/mol. The maximum atomic E-state index is 5.52. The summed E-state index contributed by atoms with van der Waals surface area (Å²) in [6, 6.07) is 0.407. The third-order valence-electron chi connectivity index (χ3n) is 3.14. The molecule has 1 unspecified atom stereocenters. The van der Waals surface area contributed by atoms with Crippen molar-refractivity contribution < 1.29 is 4.74 Å². The fraction of sp³-hybridized carbons (Fsp3) is 0.818. The summed E-state index contributed by atoms with van der Waals surface area (Å²) < 4.78 is 8.31. The number of aromatic amines is 1. The van der Waals surface area contributed by atoms with Gasteiger partial charge in [0, 0.05) is 13.1 Å². The molecule has 6 heteroatoms. The first-order valence-electron chi connectivity index (χ1n) is 6.27. The Morgan fingerprint density at radius 1 is 1.53 bits per heavy atom. The molecule has 0 spiro atoms. The van der Waals surface area contributed by atoms with Crippen molar-refractivity contribution in [2.24, 2.45) is 0 Å². The third-order valence-corrected chi connectivity index (χ3v) is 3.45. The zero-order valence-electron chi connectivity index (χ0n) is 10.5. The molecule has 1 aliphatic heterocycles. The lowest BCUT2D eigenvalue weighted by atomic mass is 10.2. The lowest BCUT2D eigenvalue weighted by Gasteiger charge is -2.35. The van der Waals surface area contributed by atoms with Gasteiger partial charge in [0.15, 0.2) is 4.77 Å². The van der Waals surface area contributed by atoms with E-state index in [-0.39, 0.29) is 0 Å². The molecule has 1 aromatic heterocycles. The van der Waals surface area contributed by atoms with Gasteiger partial charge < -0.3 is 9.64 Å². The zero-order valence-corrected chi connectivity index (χ0v) is 11.3. The summed E-state index contributed by atoms with van der Waals surface area (Å²) >= 11 is 5.27. The van der Waals surface area contributed by atoms with Gasteiger partial charge >= 0.3 is 0 Å². The summed E-state index contributed by atoms with van der Waals surface area (Å²) in [5.74, 6) is 0.965. The molecule has 0 saturated carbocycles. The lowest BCUT2D eigenvalue weighted by Crippen LogP contribution is -2.46. The summed E-state index contributed by atoms with van der Waals surface area (Å²) in [4.78, 5) is 2.31. The van der Waals surface area contributed by atoms with Gasteiger partial charge in [-0.25, -0.2) is 5.10 Å². The van der Waals surface area contributed by atoms with E-state index in [2.05, 4.69) is 33.5 Å². The van der Waals surface area contributed by atoms with Gasteiger partial charge in [0.1, 0.15) is 0 Å². The molecule has 0 aliphatic carbocycles. The topological polar surface area (TPSA) is 46.1 Å². The van der Waals surface area contributed by atoms with Crippen LogP contribution in [0.5, 0.6) is 0 Å². The Morgan fingerprint density at radius 3 is 3.06 bits per heavy atom. The minimum absolute atomic E-state index is 0.407. The van der Waals surface area contributed by atoms with Crippen molar-refractivity contribution in [2.45, 2.75) is 39.3 Å². The molecule has 0 radical (unpaired) electrons. The quantitative estimate of drug-likeness (QED) is 0.837. The van der Waals surface area contributed by atoms with E-state index in [9.17, 15) is 0 Å². The van der Waals surface area contributed by atoms with Crippen LogP contribution >= 0.6 is 12.2 Å². The molecule has 1 N–H and O–H groups in total. The summed E-state index contributed by atoms with van der Waals surface area (Å²) in [7, 11) is 0. The van der Waals surface area contributed by atoms with Crippen molar-refractivity contribution in [1.82, 2.24) is 14.8 Å². The highest BCUT2D eigenvalue weighted by atomic mass is 32.1. The van der Waals surface area contributed by atoms with Gasteiger partial charge in [-0.1, -0.05) is 13.8 Å². The minimum atomic E-state index is 0.407. The van der Waals surface area contributed by atoms with Crippen LogP contribution in [0.15, 0.2) is 0 Å². The molecule has 17 heavy (non-hydrogen) atoms. The second kappa shape index (κ2) is 5.64. The molecular formula is C11H20N4OS. The lowest BCUT2D eigenvalue weighted by molar-refractivity contribution is 0.0916. The summed E-state index contributed by atoms with van der Waals surface area (Å²) in [5.41, 5.74) is 0. The summed E-state index contributed by atoms with van der Waals surface area (Å²) in [5, 5.41) is 7.27. The highest BCUT2D eigenvalue weighted by Gasteiger charge is 2.25. The molecule has 0 aromatic carbocycles. The highest BCUT2D eigenvalue weighted by molar-refractivity contribution is 7.71. The molecule has 1 fully saturated rings. The van der Waals surface area contributed by atoms with Gasteiger partial charge in [0.2, 0.25) is 5.95 Å². The van der Waals surface area contributed by atoms with Crippen molar-refractivity contribution in [1.29, 1.82) is 0 Å². The number of nitrogens with one attached hydrogen (secondary N) is 1. The number of hydrogen-bond donors (Lipinski definition) is 1. The first kappa shape index (κ1) is 12.6. The largest absolute Gasteiger partial charge is 0.377 e. The Labute approximate surface area is 107 Å². The van der Waals surface area contributed by atoms with Gasteiger partial charge in [-0.3, -0.25) is 4.57 Å². The van der Waals surface area contributed by atoms with Gasteiger partial charge in [0.25, 0.3) is 0 Å². The van der Waals surface area contributed by atoms with Crippen LogP contribution in [0, 0.1) is 4.77 Å². The van der Waals surface area contributed by atoms with Crippen molar-refractivity contribution >= 4 is 18.2 Å². The van der Waals surface area contributed by atoms with Crippen molar-refractivity contribution in [3.8, 4) is 0 Å². The average Bonchev–Trinajstić information content (AvgIpc) is 2.72. The molecule has 2 heterocycles. The molecule has 0 bridgehead atoms. The molecule has 1 saturated heterocycles. The van der Waals surface area contributed by atoms with E-state index in [0.29, 0.717) is 10.8 Å². The van der Waals surface area contributed by atoms with E-state index < -0.39 is 0 Å². The Morgan fingerprint density at radius 2 is 2.35 bits per heavy atom. The molecule has 1 aromatic rings. The van der Waals surface area contributed by atoms with Crippen molar-refractivity contribution in [2.75, 3.05) is 24.7 Å². The maximum Gasteiger partial charge on any atom is 0.226 e. The second-order valence-corrected chi connectivity index (χ2v) is 4.70. The second-order valence-electron chi connectivity index (χ2n) is 4.31. The molecule has 1 aliphatic rings. The molecule has 2 rings (SSSR count). The number of morpholine rings is 1. The first-order chi connectivity index (χ1) is 8.27. The Hall–Kier alpha value is -0.880. The van der Waals surface area contributed by atoms with Gasteiger partial charge in [-0.15, -0.1) is 5.10 Å². The van der Waals surface area contributed by atoms with Crippen molar-refractivity contribution in [3.63, 3.8) is 0 Å². The summed E-state index contributed by atoms with van der Waals surface area (Å²) in [6.07, 6.45) is 2.12. The van der Waals surface area contributed by atoms with Crippen LogP contribution < -0.4 is 4.90 Å². The van der Waals surface area contributed by atoms with E-state index in [1.165, 1.54) is 0 Å². The highest BCUT2D eigenvalue weighted by Crippen LogP contribution is 2.19. The smallest absolute Gasteiger partial charge is 0.226 e. The Bertz CT molecular complexity index is 414. The summed E-state index contributed by atoms with van der Waals surface area (Å²) in [6.45, 7) is 7.68. The van der Waals surface area contributed by atoms with Gasteiger partial charge in [0.05, 0.1) is 19.3 Å². The van der Waals surface area contributed by atoms with Crippen LogP contribution in [0.3, 0.4) is 0 Å². The zero-order chi connectivity index (χ0) is 12.3. The van der Waals surface area contributed by atoms with Crippen LogP contribution in [0.2, 0.25) is 0 Å². The van der Waals surface area contributed by atoms with E-state index >= 15 is 0 Å². The van der Waals surface area contributed by atoms with Crippen LogP contribution in [0.1, 0.15) is 26.7 Å². The average molecular weight is 256 g/mol. The van der Waals surface area contributed by atoms with Crippen LogP contribution in [-0.2, 0) is 11.3 Å². The number of ether oxygens (including phenoxy) is 1. The predicted molar refractivity (Wildman–Crippen MR) is 69.9 cm³/mol. The number of anilines is 1. The fourth-order valence-electron chi connectivity index (χ4n) is 2.21. The minimum Gasteiger partial charge on any atom is -0.377 e. The van der Waals surface area contributed by atoms with Gasteiger partial charge in [-0.2, -0.15) is 0 Å². The van der Waals surface area contributed by atoms with Crippen LogP contribution in [-0.4, -0.2) is 40.6 Å². The van der Waals surface area contributed by atoms with Crippen LogP contribution in [0.25, 0.3) is 0 Å². The molecule has 5 nitrogen and oxygen atoms in total. The standard InChI is InChI=1S/C11H20N4OS/c1-3-5-15-10(12-13-11(15)17)14-6-7-16-8-9(14)4-2/h9H,3-8H2,1-2H3,(H,13,17). The fourth-order valence-corrected chi connectivity index (χ4v) is 2.43. The maximum absolute atomic E-state index is 5.52. The Balaban J connectivity index is 2.28. The first-order valence-corrected chi connectivity index (χ1v) is 6.68. The SMILES string of the molecule is CCCn1c(N2CCOCC2CC)n[nH]c1=S. The Kier molecular flexibility index (Phi) is 4.17. The predicted octanol–water partition coefficient (Wildman–Crippen LogP) is 1.97. The van der Waals surface area contributed by atoms with E-state index in [1.807, 2.05) is 0 Å². The number of rotatable bonds is 4. The normalized spacial score (nSPS) is 20.8. The number of aromatic nitrogens is 3.